The lowest BCUT2D eigenvalue weighted by atomic mass is 9.99. The van der Waals surface area contributed by atoms with Crippen molar-refractivity contribution in [3.63, 3.8) is 0 Å². The summed E-state index contributed by atoms with van der Waals surface area (Å²) < 4.78 is 42.3. The van der Waals surface area contributed by atoms with Crippen LogP contribution >= 0.6 is 11.6 Å². The number of carbonyl (C=O) groups is 2. The normalized spacial score (nSPS) is 32.3. The molecule has 11 heteroatoms. The monoisotopic (exact) mass is 360 g/mol. The zero-order chi connectivity index (χ0) is 17.1. The van der Waals surface area contributed by atoms with Crippen molar-refractivity contribution in [2.24, 2.45) is 0 Å². The maximum absolute atomic E-state index is 11.3. The first-order valence-corrected chi connectivity index (χ1v) is 8.52. The summed E-state index contributed by atoms with van der Waals surface area (Å²) >= 11 is 5.68. The molecule has 128 valence electrons. The average molecular weight is 361 g/mol. The van der Waals surface area contributed by atoms with Crippen LogP contribution in [-0.2, 0) is 38.1 Å². The van der Waals surface area contributed by atoms with Gasteiger partial charge in [-0.25, -0.2) is 0 Å². The van der Waals surface area contributed by atoms with Crippen molar-refractivity contribution < 1.29 is 41.5 Å². The van der Waals surface area contributed by atoms with Gasteiger partial charge in [-0.1, -0.05) is 0 Å². The van der Waals surface area contributed by atoms with Gasteiger partial charge in [0.1, 0.15) is 6.10 Å². The predicted octanol–water partition coefficient (Wildman–Crippen LogP) is -0.849. The molecule has 0 spiro atoms. The van der Waals surface area contributed by atoms with Crippen molar-refractivity contribution in [3.8, 4) is 0 Å². The van der Waals surface area contributed by atoms with Crippen molar-refractivity contribution >= 4 is 33.7 Å². The fourth-order valence-electron chi connectivity index (χ4n) is 1.98. The minimum atomic E-state index is -4.01. The number of aliphatic hydroxyl groups is 1. The van der Waals surface area contributed by atoms with Crippen molar-refractivity contribution in [1.29, 1.82) is 0 Å². The van der Waals surface area contributed by atoms with E-state index in [0.717, 1.165) is 20.1 Å². The Morgan fingerprint density at radius 2 is 1.64 bits per heavy atom. The molecule has 0 aliphatic carbocycles. The maximum atomic E-state index is 11.3. The lowest BCUT2D eigenvalue weighted by Gasteiger charge is -2.42. The van der Waals surface area contributed by atoms with Gasteiger partial charge in [-0.05, 0) is 0 Å². The minimum absolute atomic E-state index is 0.196. The van der Waals surface area contributed by atoms with E-state index in [1.165, 1.54) is 0 Å². The zero-order valence-corrected chi connectivity index (χ0v) is 13.7. The van der Waals surface area contributed by atoms with Gasteiger partial charge in [-0.2, -0.15) is 8.42 Å². The first kappa shape index (κ1) is 19.1. The number of hydrogen-bond acceptors (Lipinski definition) is 9. The highest BCUT2D eigenvalue weighted by atomic mass is 35.5. The number of hydrogen-bond donors (Lipinski definition) is 1. The van der Waals surface area contributed by atoms with E-state index in [4.69, 9.17) is 30.0 Å². The quantitative estimate of drug-likeness (QED) is 0.379. The summed E-state index contributed by atoms with van der Waals surface area (Å²) in [5, 5.41) is 9.87. The second kappa shape index (κ2) is 7.55. The molecule has 1 fully saturated rings. The van der Waals surface area contributed by atoms with Crippen LogP contribution in [0.4, 0.5) is 0 Å². The van der Waals surface area contributed by atoms with Crippen LogP contribution in [-0.4, -0.2) is 68.3 Å². The van der Waals surface area contributed by atoms with Crippen molar-refractivity contribution in [2.75, 3.05) is 12.1 Å². The second-order valence-electron chi connectivity index (χ2n) is 4.63. The molecule has 5 unspecified atom stereocenters. The molecule has 0 saturated carbocycles. The van der Waals surface area contributed by atoms with Crippen LogP contribution < -0.4 is 0 Å². The van der Waals surface area contributed by atoms with Gasteiger partial charge < -0.3 is 19.3 Å². The summed E-state index contributed by atoms with van der Waals surface area (Å²) in [5.74, 6) is -1.71. The minimum Gasteiger partial charge on any atom is -0.456 e. The SMILES string of the molecule is CC(=O)OC1C(CCl)OC(O)C(OS(C)(=O)=O)C1OC(C)=O. The van der Waals surface area contributed by atoms with E-state index in [1.54, 1.807) is 0 Å². The van der Waals surface area contributed by atoms with Gasteiger partial charge in [-0.3, -0.25) is 13.8 Å². The van der Waals surface area contributed by atoms with E-state index < -0.39 is 52.8 Å². The van der Waals surface area contributed by atoms with Gasteiger partial charge in [-0.15, -0.1) is 11.6 Å². The molecule has 0 aromatic heterocycles. The van der Waals surface area contributed by atoms with Crippen molar-refractivity contribution in [2.45, 2.75) is 44.6 Å². The zero-order valence-electron chi connectivity index (χ0n) is 12.1. The predicted molar refractivity (Wildman–Crippen MR) is 72.4 cm³/mol. The van der Waals surface area contributed by atoms with Gasteiger partial charge in [0, 0.05) is 13.8 Å². The maximum Gasteiger partial charge on any atom is 0.303 e. The smallest absolute Gasteiger partial charge is 0.303 e. The van der Waals surface area contributed by atoms with Crippen LogP contribution in [0.2, 0.25) is 0 Å². The highest BCUT2D eigenvalue weighted by molar-refractivity contribution is 7.86. The molecular formula is C11H17ClO9S. The van der Waals surface area contributed by atoms with E-state index in [2.05, 4.69) is 0 Å². The molecular weight excluding hydrogens is 344 g/mol. The van der Waals surface area contributed by atoms with E-state index in [0.29, 0.717) is 0 Å². The fraction of sp³-hybridized carbons (Fsp3) is 0.818. The highest BCUT2D eigenvalue weighted by Gasteiger charge is 2.51. The molecule has 9 nitrogen and oxygen atoms in total. The highest BCUT2D eigenvalue weighted by Crippen LogP contribution is 2.29. The van der Waals surface area contributed by atoms with Crippen LogP contribution in [0, 0.1) is 0 Å². The van der Waals surface area contributed by atoms with Crippen molar-refractivity contribution in [1.82, 2.24) is 0 Å². The second-order valence-corrected chi connectivity index (χ2v) is 6.54. The number of rotatable bonds is 5. The van der Waals surface area contributed by atoms with Crippen LogP contribution in [0.1, 0.15) is 13.8 Å². The van der Waals surface area contributed by atoms with Gasteiger partial charge in [0.15, 0.2) is 24.6 Å². The van der Waals surface area contributed by atoms with Gasteiger partial charge in [0.25, 0.3) is 10.1 Å². The van der Waals surface area contributed by atoms with Crippen LogP contribution in [0.5, 0.6) is 0 Å². The third-order valence-corrected chi connectivity index (χ3v) is 3.53. The standard InChI is InChI=1S/C11H17ClO9S/c1-5(13)18-8-7(4-12)20-11(15)10(21-22(3,16)17)9(8)19-6(2)14/h7-11,15H,4H2,1-3H3. The summed E-state index contributed by atoms with van der Waals surface area (Å²) in [5.41, 5.74) is 0. The summed E-state index contributed by atoms with van der Waals surface area (Å²) in [4.78, 5) is 22.4. The Kier molecular flexibility index (Phi) is 6.56. The van der Waals surface area contributed by atoms with Crippen molar-refractivity contribution in [3.05, 3.63) is 0 Å². The topological polar surface area (TPSA) is 125 Å². The fourth-order valence-corrected chi connectivity index (χ4v) is 2.84. The lowest BCUT2D eigenvalue weighted by Crippen LogP contribution is -2.61. The van der Waals surface area contributed by atoms with E-state index >= 15 is 0 Å². The van der Waals surface area contributed by atoms with Crippen LogP contribution in [0.3, 0.4) is 0 Å². The molecule has 5 atom stereocenters. The summed E-state index contributed by atoms with van der Waals surface area (Å²) in [6, 6.07) is 0. The number of carbonyl (C=O) groups excluding carboxylic acids is 2. The first-order chi connectivity index (χ1) is 10.0. The Bertz CT molecular complexity index is 520. The number of halogens is 1. The molecule has 22 heavy (non-hydrogen) atoms. The third kappa shape index (κ3) is 5.36. The molecule has 1 aliphatic rings. The van der Waals surface area contributed by atoms with E-state index in [1.807, 2.05) is 0 Å². The third-order valence-electron chi connectivity index (χ3n) is 2.65. The number of esters is 2. The van der Waals surface area contributed by atoms with Gasteiger partial charge in [0.2, 0.25) is 0 Å². The molecule has 1 rings (SSSR count). The Morgan fingerprint density at radius 3 is 2.05 bits per heavy atom. The summed E-state index contributed by atoms with van der Waals surface area (Å²) in [6.07, 6.45) is -6.22. The van der Waals surface area contributed by atoms with E-state index in [9.17, 15) is 23.1 Å². The first-order valence-electron chi connectivity index (χ1n) is 6.17. The summed E-state index contributed by atoms with van der Waals surface area (Å²) in [7, 11) is -4.01. The van der Waals surface area contributed by atoms with Crippen LogP contribution in [0.15, 0.2) is 0 Å². The number of alkyl halides is 1. The average Bonchev–Trinajstić information content (AvgIpc) is 2.34. The van der Waals surface area contributed by atoms with Gasteiger partial charge >= 0.3 is 11.9 Å². The molecule has 0 aromatic rings. The molecule has 1 aliphatic heterocycles. The molecule has 1 saturated heterocycles. The number of ether oxygens (including phenoxy) is 3. The lowest BCUT2D eigenvalue weighted by molar-refractivity contribution is -0.277. The molecule has 1 N–H and O–H groups in total. The Labute approximate surface area is 132 Å². The Morgan fingerprint density at radius 1 is 1.14 bits per heavy atom. The largest absolute Gasteiger partial charge is 0.456 e. The molecule has 0 aromatic carbocycles. The molecule has 1 heterocycles. The molecule has 0 radical (unpaired) electrons. The van der Waals surface area contributed by atoms with Crippen LogP contribution in [0.25, 0.3) is 0 Å². The Balaban J connectivity index is 3.16. The molecule has 0 bridgehead atoms. The van der Waals surface area contributed by atoms with E-state index in [-0.39, 0.29) is 5.88 Å². The summed E-state index contributed by atoms with van der Waals surface area (Å²) in [6.45, 7) is 2.17. The molecule has 0 amide bonds. The van der Waals surface area contributed by atoms with Gasteiger partial charge in [0.05, 0.1) is 12.1 Å². The number of aliphatic hydroxyl groups excluding tert-OH is 1. The Hall–Kier alpha value is -0.940.